The van der Waals surface area contributed by atoms with Crippen LogP contribution in [0.4, 0.5) is 10.5 Å². The molecule has 3 rings (SSSR count). The summed E-state index contributed by atoms with van der Waals surface area (Å²) in [6, 6.07) is 3.91. The SMILES string of the molecule is O=C(Nc1ccc(Cl)nc1)N1CCCCC1C1CCC1. The highest BCUT2D eigenvalue weighted by Crippen LogP contribution is 2.36. The van der Waals surface area contributed by atoms with Gasteiger partial charge in [-0.2, -0.15) is 0 Å². The van der Waals surface area contributed by atoms with Crippen LogP contribution >= 0.6 is 11.6 Å². The van der Waals surface area contributed by atoms with Gasteiger partial charge in [-0.3, -0.25) is 0 Å². The van der Waals surface area contributed by atoms with E-state index in [-0.39, 0.29) is 6.03 Å². The third-order valence-electron chi connectivity index (χ3n) is 4.48. The summed E-state index contributed by atoms with van der Waals surface area (Å²) in [6.07, 6.45) is 8.97. The van der Waals surface area contributed by atoms with Crippen LogP contribution in [0, 0.1) is 5.92 Å². The molecule has 2 heterocycles. The maximum absolute atomic E-state index is 12.5. The molecule has 2 fully saturated rings. The van der Waals surface area contributed by atoms with E-state index < -0.39 is 0 Å². The summed E-state index contributed by atoms with van der Waals surface area (Å²) in [4.78, 5) is 18.5. The number of pyridine rings is 1. The Hall–Kier alpha value is -1.29. The summed E-state index contributed by atoms with van der Waals surface area (Å²) in [6.45, 7) is 0.869. The van der Waals surface area contributed by atoms with Gasteiger partial charge in [-0.15, -0.1) is 0 Å². The van der Waals surface area contributed by atoms with Crippen LogP contribution < -0.4 is 5.32 Å². The summed E-state index contributed by atoms with van der Waals surface area (Å²) in [5.41, 5.74) is 0.706. The van der Waals surface area contributed by atoms with Crippen molar-refractivity contribution in [1.29, 1.82) is 0 Å². The number of hydrogen-bond acceptors (Lipinski definition) is 2. The topological polar surface area (TPSA) is 45.2 Å². The summed E-state index contributed by atoms with van der Waals surface area (Å²) >= 11 is 5.75. The number of aromatic nitrogens is 1. The summed E-state index contributed by atoms with van der Waals surface area (Å²) < 4.78 is 0. The second-order valence-corrected chi connectivity index (χ2v) is 6.13. The molecule has 1 N–H and O–H groups in total. The molecule has 1 atom stereocenters. The van der Waals surface area contributed by atoms with Crippen molar-refractivity contribution in [1.82, 2.24) is 9.88 Å². The maximum atomic E-state index is 12.5. The van der Waals surface area contributed by atoms with E-state index in [0.717, 1.165) is 19.4 Å². The Morgan fingerprint density at radius 2 is 2.10 bits per heavy atom. The van der Waals surface area contributed by atoms with Gasteiger partial charge >= 0.3 is 6.03 Å². The van der Waals surface area contributed by atoms with Gasteiger partial charge in [0.05, 0.1) is 11.9 Å². The molecule has 5 heteroatoms. The Morgan fingerprint density at radius 1 is 1.25 bits per heavy atom. The van der Waals surface area contributed by atoms with E-state index in [1.807, 2.05) is 4.90 Å². The molecule has 1 aliphatic carbocycles. The Labute approximate surface area is 124 Å². The molecule has 1 saturated heterocycles. The zero-order valence-electron chi connectivity index (χ0n) is 11.5. The predicted molar refractivity (Wildman–Crippen MR) is 80.0 cm³/mol. The van der Waals surface area contributed by atoms with Gasteiger partial charge < -0.3 is 10.2 Å². The molecule has 1 aromatic rings. The van der Waals surface area contributed by atoms with Crippen LogP contribution in [-0.2, 0) is 0 Å². The molecule has 1 saturated carbocycles. The van der Waals surface area contributed by atoms with Gasteiger partial charge in [-0.1, -0.05) is 18.0 Å². The molecule has 1 aromatic heterocycles. The molecule has 0 bridgehead atoms. The van der Waals surface area contributed by atoms with Crippen molar-refractivity contribution in [2.24, 2.45) is 5.92 Å². The number of carbonyl (C=O) groups is 1. The van der Waals surface area contributed by atoms with E-state index in [1.165, 1.54) is 25.7 Å². The van der Waals surface area contributed by atoms with Crippen LogP contribution in [-0.4, -0.2) is 28.5 Å². The van der Waals surface area contributed by atoms with E-state index in [2.05, 4.69) is 10.3 Å². The monoisotopic (exact) mass is 293 g/mol. The minimum atomic E-state index is 0.00530. The second kappa shape index (κ2) is 6.00. The lowest BCUT2D eigenvalue weighted by molar-refractivity contribution is 0.0919. The third-order valence-corrected chi connectivity index (χ3v) is 4.71. The Kier molecular flexibility index (Phi) is 4.10. The van der Waals surface area contributed by atoms with Crippen LogP contribution in [0.15, 0.2) is 18.3 Å². The fourth-order valence-corrected chi connectivity index (χ4v) is 3.28. The van der Waals surface area contributed by atoms with Gasteiger partial charge in [0.15, 0.2) is 0 Å². The molecule has 2 amide bonds. The number of hydrogen-bond donors (Lipinski definition) is 1. The van der Waals surface area contributed by atoms with E-state index in [4.69, 9.17) is 11.6 Å². The first-order valence-electron chi connectivity index (χ1n) is 7.43. The van der Waals surface area contributed by atoms with Gasteiger partial charge in [-0.25, -0.2) is 9.78 Å². The third kappa shape index (κ3) is 2.90. The van der Waals surface area contributed by atoms with E-state index in [0.29, 0.717) is 22.8 Å². The minimum Gasteiger partial charge on any atom is -0.321 e. The normalized spacial score (nSPS) is 23.2. The van der Waals surface area contributed by atoms with Gasteiger partial charge in [0.2, 0.25) is 0 Å². The highest BCUT2D eigenvalue weighted by atomic mass is 35.5. The highest BCUT2D eigenvalue weighted by molar-refractivity contribution is 6.29. The zero-order chi connectivity index (χ0) is 13.9. The number of piperidine rings is 1. The quantitative estimate of drug-likeness (QED) is 0.840. The lowest BCUT2D eigenvalue weighted by Gasteiger charge is -2.43. The number of urea groups is 1. The molecule has 108 valence electrons. The van der Waals surface area contributed by atoms with Gasteiger partial charge in [-0.05, 0) is 50.2 Å². The van der Waals surface area contributed by atoms with Crippen molar-refractivity contribution in [3.63, 3.8) is 0 Å². The van der Waals surface area contributed by atoms with Crippen molar-refractivity contribution in [2.75, 3.05) is 11.9 Å². The predicted octanol–water partition coefficient (Wildman–Crippen LogP) is 3.92. The number of amides is 2. The smallest absolute Gasteiger partial charge is 0.321 e. The number of halogens is 1. The Morgan fingerprint density at radius 3 is 2.75 bits per heavy atom. The molecule has 0 spiro atoms. The molecular weight excluding hydrogens is 274 g/mol. The number of carbonyl (C=O) groups excluding carboxylic acids is 1. The first-order chi connectivity index (χ1) is 9.74. The second-order valence-electron chi connectivity index (χ2n) is 5.75. The molecule has 0 radical (unpaired) electrons. The van der Waals surface area contributed by atoms with Crippen molar-refractivity contribution >= 4 is 23.3 Å². The Balaban J connectivity index is 1.66. The average Bonchev–Trinajstić information content (AvgIpc) is 2.40. The van der Waals surface area contributed by atoms with Gasteiger partial charge in [0.25, 0.3) is 0 Å². The fourth-order valence-electron chi connectivity index (χ4n) is 3.17. The lowest BCUT2D eigenvalue weighted by Crippen LogP contribution is -2.50. The van der Waals surface area contributed by atoms with E-state index >= 15 is 0 Å². The van der Waals surface area contributed by atoms with Gasteiger partial charge in [0.1, 0.15) is 5.15 Å². The number of anilines is 1. The van der Waals surface area contributed by atoms with E-state index in [9.17, 15) is 4.79 Å². The molecule has 1 unspecified atom stereocenters. The number of nitrogens with one attached hydrogen (secondary N) is 1. The van der Waals surface area contributed by atoms with Crippen molar-refractivity contribution < 1.29 is 4.79 Å². The first kappa shape index (κ1) is 13.7. The Bertz CT molecular complexity index is 473. The molecule has 1 aliphatic heterocycles. The molecule has 2 aliphatic rings. The summed E-state index contributed by atoms with van der Waals surface area (Å²) in [7, 11) is 0. The van der Waals surface area contributed by atoms with E-state index in [1.54, 1.807) is 18.3 Å². The largest absolute Gasteiger partial charge is 0.322 e. The molecule has 20 heavy (non-hydrogen) atoms. The summed E-state index contributed by atoms with van der Waals surface area (Å²) in [5.74, 6) is 0.712. The highest BCUT2D eigenvalue weighted by Gasteiger charge is 2.35. The fraction of sp³-hybridized carbons (Fsp3) is 0.600. The number of rotatable bonds is 2. The minimum absolute atomic E-state index is 0.00530. The first-order valence-corrected chi connectivity index (χ1v) is 7.81. The van der Waals surface area contributed by atoms with Crippen molar-refractivity contribution in [2.45, 2.75) is 44.6 Å². The maximum Gasteiger partial charge on any atom is 0.322 e. The van der Waals surface area contributed by atoms with Crippen LogP contribution in [0.1, 0.15) is 38.5 Å². The van der Waals surface area contributed by atoms with Crippen LogP contribution in [0.25, 0.3) is 0 Å². The number of likely N-dealkylation sites (tertiary alicyclic amines) is 1. The van der Waals surface area contributed by atoms with Crippen LogP contribution in [0.3, 0.4) is 0 Å². The van der Waals surface area contributed by atoms with Crippen molar-refractivity contribution in [3.8, 4) is 0 Å². The van der Waals surface area contributed by atoms with Crippen LogP contribution in [0.2, 0.25) is 5.15 Å². The van der Waals surface area contributed by atoms with Crippen LogP contribution in [0.5, 0.6) is 0 Å². The molecular formula is C15H20ClN3O. The van der Waals surface area contributed by atoms with Gasteiger partial charge in [0, 0.05) is 12.6 Å². The number of nitrogens with zero attached hydrogens (tertiary/aromatic N) is 2. The average molecular weight is 294 g/mol. The molecule has 0 aromatic carbocycles. The van der Waals surface area contributed by atoms with Crippen molar-refractivity contribution in [3.05, 3.63) is 23.5 Å². The summed E-state index contributed by atoms with van der Waals surface area (Å²) in [5, 5.41) is 3.38. The zero-order valence-corrected chi connectivity index (χ0v) is 12.3. The molecule has 4 nitrogen and oxygen atoms in total. The lowest BCUT2D eigenvalue weighted by atomic mass is 9.76. The standard InChI is InChI=1S/C15H20ClN3O/c16-14-8-7-12(10-17-14)18-15(20)19-9-2-1-6-13(19)11-4-3-5-11/h7-8,10-11,13H,1-6,9H2,(H,18,20).